The highest BCUT2D eigenvalue weighted by Crippen LogP contribution is 1.98. The molecular weight excluding hydrogens is 190 g/mol. The third-order valence-electron chi connectivity index (χ3n) is 1.45. The Hall–Kier alpha value is -1.27. The number of amides is 1. The van der Waals surface area contributed by atoms with Crippen LogP contribution in [0.25, 0.3) is 0 Å². The number of carbonyl (C=O) groups is 1. The molecule has 0 atom stereocenters. The fourth-order valence-electron chi connectivity index (χ4n) is 0.828. The van der Waals surface area contributed by atoms with Crippen LogP contribution in [-0.4, -0.2) is 10.5 Å². The van der Waals surface area contributed by atoms with Crippen molar-refractivity contribution in [3.63, 3.8) is 0 Å². The van der Waals surface area contributed by atoms with Gasteiger partial charge in [0.15, 0.2) is 0 Å². The quantitative estimate of drug-likeness (QED) is 0.251. The minimum Gasteiger partial charge on any atom is -0.306 e. The first-order chi connectivity index (χ1) is 6.13. The molecule has 1 rings (SSSR count). The van der Waals surface area contributed by atoms with Gasteiger partial charge in [0.25, 0.3) is 11.5 Å². The number of nitrogens with zero attached hydrogens (tertiary/aromatic N) is 1. The third kappa shape index (κ3) is 2.60. The number of nitrogens with one attached hydrogen (secondary N) is 1. The summed E-state index contributed by atoms with van der Waals surface area (Å²) in [7, 11) is 0. The van der Waals surface area contributed by atoms with Crippen molar-refractivity contribution >= 4 is 18.5 Å². The standard InChI is InChI=1S/C7H9N3O2S/c8-9-6(11)4-10-2-1-5(13)3-7(10)12/h1-3,13H,4,8H2,(H,9,11). The Balaban J connectivity index is 2.90. The van der Waals surface area contributed by atoms with Crippen molar-refractivity contribution in [2.24, 2.45) is 5.84 Å². The summed E-state index contributed by atoms with van der Waals surface area (Å²) in [5.41, 5.74) is 1.66. The summed E-state index contributed by atoms with van der Waals surface area (Å²) in [6.45, 7) is -0.0800. The Morgan fingerprint density at radius 1 is 1.69 bits per heavy atom. The predicted molar refractivity (Wildman–Crippen MR) is 50.3 cm³/mol. The second-order valence-electron chi connectivity index (χ2n) is 2.42. The number of nitrogens with two attached hydrogens (primary N) is 1. The van der Waals surface area contributed by atoms with Gasteiger partial charge in [-0.3, -0.25) is 15.0 Å². The number of aromatic nitrogens is 1. The molecule has 0 unspecified atom stereocenters. The molecule has 0 aliphatic heterocycles. The fraction of sp³-hybridized carbons (Fsp3) is 0.143. The molecule has 0 aromatic carbocycles. The molecule has 5 nitrogen and oxygen atoms in total. The van der Waals surface area contributed by atoms with Crippen LogP contribution in [0.2, 0.25) is 0 Å². The fourth-order valence-corrected chi connectivity index (χ4v) is 1.01. The van der Waals surface area contributed by atoms with Crippen molar-refractivity contribution < 1.29 is 4.79 Å². The Kier molecular flexibility index (Phi) is 3.10. The number of pyridine rings is 1. The van der Waals surface area contributed by atoms with E-state index in [1.807, 2.05) is 5.43 Å². The number of carbonyl (C=O) groups excluding carboxylic acids is 1. The van der Waals surface area contributed by atoms with Gasteiger partial charge in [0, 0.05) is 17.2 Å². The summed E-state index contributed by atoms with van der Waals surface area (Å²) in [5.74, 6) is 4.45. The molecule has 0 aliphatic carbocycles. The third-order valence-corrected chi connectivity index (χ3v) is 1.73. The van der Waals surface area contributed by atoms with Crippen molar-refractivity contribution in [1.82, 2.24) is 9.99 Å². The summed E-state index contributed by atoms with van der Waals surface area (Å²) < 4.78 is 1.24. The maximum atomic E-state index is 11.2. The number of hydrazine groups is 1. The first kappa shape index (κ1) is 9.82. The van der Waals surface area contributed by atoms with E-state index in [-0.39, 0.29) is 12.1 Å². The zero-order valence-corrected chi connectivity index (χ0v) is 7.62. The second-order valence-corrected chi connectivity index (χ2v) is 2.93. The van der Waals surface area contributed by atoms with Crippen molar-refractivity contribution in [2.45, 2.75) is 11.4 Å². The van der Waals surface area contributed by atoms with Gasteiger partial charge >= 0.3 is 0 Å². The lowest BCUT2D eigenvalue weighted by molar-refractivity contribution is -0.121. The smallest absolute Gasteiger partial charge is 0.253 e. The maximum absolute atomic E-state index is 11.2. The van der Waals surface area contributed by atoms with E-state index in [1.54, 1.807) is 6.07 Å². The first-order valence-electron chi connectivity index (χ1n) is 3.52. The average molecular weight is 199 g/mol. The van der Waals surface area contributed by atoms with E-state index in [0.717, 1.165) is 0 Å². The van der Waals surface area contributed by atoms with Crippen LogP contribution in [0, 0.1) is 0 Å². The molecule has 70 valence electrons. The molecule has 3 N–H and O–H groups in total. The Morgan fingerprint density at radius 2 is 2.38 bits per heavy atom. The minimum atomic E-state index is -0.422. The highest BCUT2D eigenvalue weighted by Gasteiger charge is 2.01. The van der Waals surface area contributed by atoms with Gasteiger partial charge < -0.3 is 4.57 Å². The van der Waals surface area contributed by atoms with Crippen molar-refractivity contribution in [3.05, 3.63) is 28.7 Å². The van der Waals surface area contributed by atoms with Crippen molar-refractivity contribution in [3.8, 4) is 0 Å². The molecule has 1 aromatic rings. The van der Waals surface area contributed by atoms with Crippen LogP contribution in [0.3, 0.4) is 0 Å². The van der Waals surface area contributed by atoms with Crippen LogP contribution >= 0.6 is 12.6 Å². The molecule has 0 radical (unpaired) electrons. The average Bonchev–Trinajstić information content (AvgIpc) is 2.09. The zero-order chi connectivity index (χ0) is 9.84. The second kappa shape index (κ2) is 4.11. The zero-order valence-electron chi connectivity index (χ0n) is 6.73. The predicted octanol–water partition coefficient (Wildman–Crippen LogP) is -0.873. The van der Waals surface area contributed by atoms with Gasteiger partial charge in [-0.25, -0.2) is 5.84 Å². The van der Waals surface area contributed by atoms with E-state index in [2.05, 4.69) is 12.6 Å². The Labute approximate surface area is 79.9 Å². The molecule has 0 saturated carbocycles. The van der Waals surface area contributed by atoms with Crippen molar-refractivity contribution in [1.29, 1.82) is 0 Å². The van der Waals surface area contributed by atoms with Gasteiger partial charge in [-0.05, 0) is 6.07 Å². The molecule has 1 aromatic heterocycles. The van der Waals surface area contributed by atoms with Crippen LogP contribution in [0.4, 0.5) is 0 Å². The summed E-state index contributed by atoms with van der Waals surface area (Å²) in [6, 6.07) is 2.95. The molecule has 1 amide bonds. The van der Waals surface area contributed by atoms with Gasteiger partial charge in [0.2, 0.25) is 0 Å². The normalized spacial score (nSPS) is 9.69. The van der Waals surface area contributed by atoms with Gasteiger partial charge in [0.05, 0.1) is 0 Å². The lowest BCUT2D eigenvalue weighted by atomic mass is 10.4. The van der Waals surface area contributed by atoms with E-state index in [9.17, 15) is 9.59 Å². The van der Waals surface area contributed by atoms with E-state index >= 15 is 0 Å². The molecule has 0 bridgehead atoms. The van der Waals surface area contributed by atoms with Gasteiger partial charge in [-0.1, -0.05) is 0 Å². The summed E-state index contributed by atoms with van der Waals surface area (Å²) >= 11 is 3.98. The van der Waals surface area contributed by atoms with Crippen LogP contribution < -0.4 is 16.8 Å². The Morgan fingerprint density at radius 3 is 2.92 bits per heavy atom. The number of hydrogen-bond donors (Lipinski definition) is 3. The lowest BCUT2D eigenvalue weighted by Gasteiger charge is -2.03. The highest BCUT2D eigenvalue weighted by atomic mass is 32.1. The summed E-state index contributed by atoms with van der Waals surface area (Å²) in [6.07, 6.45) is 1.49. The van der Waals surface area contributed by atoms with E-state index < -0.39 is 5.91 Å². The van der Waals surface area contributed by atoms with Crippen LogP contribution in [0.5, 0.6) is 0 Å². The van der Waals surface area contributed by atoms with E-state index in [4.69, 9.17) is 5.84 Å². The minimum absolute atomic E-state index is 0.0800. The largest absolute Gasteiger partial charge is 0.306 e. The monoisotopic (exact) mass is 199 g/mol. The SMILES string of the molecule is NNC(=O)Cn1ccc(S)cc1=O. The Bertz CT molecular complexity index is 374. The lowest BCUT2D eigenvalue weighted by Crippen LogP contribution is -2.35. The topological polar surface area (TPSA) is 77.1 Å². The molecule has 0 aliphatic rings. The summed E-state index contributed by atoms with van der Waals surface area (Å²) in [4.78, 5) is 22.6. The van der Waals surface area contributed by atoms with E-state index in [1.165, 1.54) is 16.8 Å². The molecule has 1 heterocycles. The van der Waals surface area contributed by atoms with Gasteiger partial charge in [-0.2, -0.15) is 0 Å². The summed E-state index contributed by atoms with van der Waals surface area (Å²) in [5, 5.41) is 0. The number of hydrogen-bond acceptors (Lipinski definition) is 4. The number of rotatable bonds is 2. The molecular formula is C7H9N3O2S. The first-order valence-corrected chi connectivity index (χ1v) is 3.97. The molecule has 6 heteroatoms. The van der Waals surface area contributed by atoms with Gasteiger partial charge in [-0.15, -0.1) is 12.6 Å². The number of thiol groups is 1. The maximum Gasteiger partial charge on any atom is 0.253 e. The molecule has 13 heavy (non-hydrogen) atoms. The molecule has 0 spiro atoms. The van der Waals surface area contributed by atoms with Crippen LogP contribution in [-0.2, 0) is 11.3 Å². The molecule has 0 fully saturated rings. The highest BCUT2D eigenvalue weighted by molar-refractivity contribution is 7.80. The van der Waals surface area contributed by atoms with Crippen LogP contribution in [0.1, 0.15) is 0 Å². The van der Waals surface area contributed by atoms with E-state index in [0.29, 0.717) is 4.90 Å². The van der Waals surface area contributed by atoms with Crippen molar-refractivity contribution in [2.75, 3.05) is 0 Å². The molecule has 0 saturated heterocycles. The van der Waals surface area contributed by atoms with Gasteiger partial charge in [0.1, 0.15) is 6.54 Å². The van der Waals surface area contributed by atoms with Crippen LogP contribution in [0.15, 0.2) is 28.0 Å².